The molecular formula is C16H26N2O2. The summed E-state index contributed by atoms with van der Waals surface area (Å²) in [6.45, 7) is 6.29. The summed E-state index contributed by atoms with van der Waals surface area (Å²) < 4.78 is 5.23. The standard InChI is InChI=1S/C16H26N2O2/c1-5-6-9-17-15-8-7-14(12-13(15)2)16(19)20-11-10-18(3)4/h7-8,12,17H,5-6,9-11H2,1-4H3. The lowest BCUT2D eigenvalue weighted by Crippen LogP contribution is -2.20. The first kappa shape index (κ1) is 16.5. The molecule has 0 aliphatic heterocycles. The van der Waals surface area contributed by atoms with Crippen molar-refractivity contribution < 1.29 is 9.53 Å². The number of unbranched alkanes of at least 4 members (excludes halogenated alkanes) is 1. The number of hydrogen-bond acceptors (Lipinski definition) is 4. The van der Waals surface area contributed by atoms with Crippen molar-refractivity contribution in [2.75, 3.05) is 39.1 Å². The molecule has 4 nitrogen and oxygen atoms in total. The van der Waals surface area contributed by atoms with E-state index in [2.05, 4.69) is 12.2 Å². The van der Waals surface area contributed by atoms with Crippen molar-refractivity contribution in [3.8, 4) is 0 Å². The van der Waals surface area contributed by atoms with E-state index >= 15 is 0 Å². The Morgan fingerprint density at radius 2 is 2.10 bits per heavy atom. The Bertz CT molecular complexity index is 430. The summed E-state index contributed by atoms with van der Waals surface area (Å²) in [7, 11) is 3.91. The molecule has 20 heavy (non-hydrogen) atoms. The maximum absolute atomic E-state index is 11.9. The van der Waals surface area contributed by atoms with Crippen molar-refractivity contribution in [1.82, 2.24) is 4.90 Å². The van der Waals surface area contributed by atoms with Crippen molar-refractivity contribution >= 4 is 11.7 Å². The molecule has 0 fully saturated rings. The van der Waals surface area contributed by atoms with Crippen LogP contribution in [0.2, 0.25) is 0 Å². The first-order valence-corrected chi connectivity index (χ1v) is 7.21. The average molecular weight is 278 g/mol. The minimum Gasteiger partial charge on any atom is -0.461 e. The topological polar surface area (TPSA) is 41.6 Å². The Kier molecular flexibility index (Phi) is 7.09. The van der Waals surface area contributed by atoms with Gasteiger partial charge in [-0.05, 0) is 51.2 Å². The Balaban J connectivity index is 2.55. The fourth-order valence-corrected chi connectivity index (χ4v) is 1.79. The number of ether oxygens (including phenoxy) is 1. The van der Waals surface area contributed by atoms with Gasteiger partial charge in [-0.1, -0.05) is 13.3 Å². The van der Waals surface area contributed by atoms with Crippen LogP contribution in [-0.2, 0) is 4.74 Å². The lowest BCUT2D eigenvalue weighted by Gasteiger charge is -2.12. The predicted octanol–water partition coefficient (Wildman–Crippen LogP) is 2.93. The second-order valence-electron chi connectivity index (χ2n) is 5.25. The molecule has 0 heterocycles. The third kappa shape index (κ3) is 5.61. The number of hydrogen-bond donors (Lipinski definition) is 1. The number of nitrogens with one attached hydrogen (secondary N) is 1. The summed E-state index contributed by atoms with van der Waals surface area (Å²) in [5.74, 6) is -0.255. The van der Waals surface area contributed by atoms with E-state index < -0.39 is 0 Å². The van der Waals surface area contributed by atoms with Crippen molar-refractivity contribution in [3.05, 3.63) is 29.3 Å². The van der Waals surface area contributed by atoms with Gasteiger partial charge >= 0.3 is 5.97 Å². The molecule has 0 saturated heterocycles. The number of esters is 1. The number of anilines is 1. The summed E-state index contributed by atoms with van der Waals surface area (Å²) in [6.07, 6.45) is 2.32. The highest BCUT2D eigenvalue weighted by Crippen LogP contribution is 2.17. The van der Waals surface area contributed by atoms with Crippen LogP contribution in [0.3, 0.4) is 0 Å². The highest BCUT2D eigenvalue weighted by Gasteiger charge is 2.09. The Morgan fingerprint density at radius 3 is 2.70 bits per heavy atom. The molecule has 0 saturated carbocycles. The van der Waals surface area contributed by atoms with E-state index in [0.29, 0.717) is 12.2 Å². The SMILES string of the molecule is CCCCNc1ccc(C(=O)OCCN(C)C)cc1C. The number of aryl methyl sites for hydroxylation is 1. The fourth-order valence-electron chi connectivity index (χ4n) is 1.79. The third-order valence-corrected chi connectivity index (χ3v) is 3.08. The van der Waals surface area contributed by atoms with E-state index in [-0.39, 0.29) is 5.97 Å². The molecule has 0 unspecified atom stereocenters. The monoisotopic (exact) mass is 278 g/mol. The minimum absolute atomic E-state index is 0.255. The molecule has 1 N–H and O–H groups in total. The van der Waals surface area contributed by atoms with E-state index in [1.807, 2.05) is 44.1 Å². The zero-order chi connectivity index (χ0) is 15.0. The van der Waals surface area contributed by atoms with Gasteiger partial charge in [0.25, 0.3) is 0 Å². The van der Waals surface area contributed by atoms with E-state index in [0.717, 1.165) is 30.8 Å². The summed E-state index contributed by atoms with van der Waals surface area (Å²) in [4.78, 5) is 13.9. The zero-order valence-electron chi connectivity index (χ0n) is 13.0. The maximum atomic E-state index is 11.9. The lowest BCUT2D eigenvalue weighted by atomic mass is 10.1. The zero-order valence-corrected chi connectivity index (χ0v) is 13.0. The smallest absolute Gasteiger partial charge is 0.338 e. The highest BCUT2D eigenvalue weighted by molar-refractivity contribution is 5.90. The molecule has 1 aromatic rings. The predicted molar refractivity (Wildman–Crippen MR) is 83.4 cm³/mol. The largest absolute Gasteiger partial charge is 0.461 e. The summed E-state index contributed by atoms with van der Waals surface area (Å²) in [5.41, 5.74) is 2.77. The van der Waals surface area contributed by atoms with Gasteiger partial charge in [-0.25, -0.2) is 4.79 Å². The third-order valence-electron chi connectivity index (χ3n) is 3.08. The second-order valence-corrected chi connectivity index (χ2v) is 5.25. The molecule has 4 heteroatoms. The minimum atomic E-state index is -0.255. The number of nitrogens with zero attached hydrogens (tertiary/aromatic N) is 1. The molecule has 0 aromatic heterocycles. The van der Waals surface area contributed by atoms with E-state index in [9.17, 15) is 4.79 Å². The number of carbonyl (C=O) groups excluding carboxylic acids is 1. The molecule has 0 spiro atoms. The summed E-state index contributed by atoms with van der Waals surface area (Å²) in [6, 6.07) is 5.65. The van der Waals surface area contributed by atoms with Crippen LogP contribution in [0.15, 0.2) is 18.2 Å². The van der Waals surface area contributed by atoms with Gasteiger partial charge in [0.2, 0.25) is 0 Å². The molecule has 0 bridgehead atoms. The molecule has 1 aromatic carbocycles. The van der Waals surface area contributed by atoms with Crippen molar-refractivity contribution in [3.63, 3.8) is 0 Å². The van der Waals surface area contributed by atoms with Gasteiger partial charge in [-0.3, -0.25) is 0 Å². The Hall–Kier alpha value is -1.55. The van der Waals surface area contributed by atoms with Crippen molar-refractivity contribution in [2.24, 2.45) is 0 Å². The van der Waals surface area contributed by atoms with Gasteiger partial charge in [0, 0.05) is 18.8 Å². The number of benzene rings is 1. The van der Waals surface area contributed by atoms with Gasteiger partial charge in [-0.2, -0.15) is 0 Å². The van der Waals surface area contributed by atoms with Crippen LogP contribution < -0.4 is 5.32 Å². The van der Waals surface area contributed by atoms with Crippen molar-refractivity contribution in [2.45, 2.75) is 26.7 Å². The quantitative estimate of drug-likeness (QED) is 0.586. The number of carbonyl (C=O) groups is 1. The molecule has 112 valence electrons. The normalized spacial score (nSPS) is 10.7. The van der Waals surface area contributed by atoms with E-state index in [4.69, 9.17) is 4.74 Å². The summed E-state index contributed by atoms with van der Waals surface area (Å²) >= 11 is 0. The van der Waals surface area contributed by atoms with Crippen LogP contribution in [0, 0.1) is 6.92 Å². The first-order chi connectivity index (χ1) is 9.54. The summed E-state index contributed by atoms with van der Waals surface area (Å²) in [5, 5.41) is 3.38. The van der Waals surface area contributed by atoms with Gasteiger partial charge in [0.05, 0.1) is 5.56 Å². The maximum Gasteiger partial charge on any atom is 0.338 e. The number of rotatable bonds is 8. The van der Waals surface area contributed by atoms with E-state index in [1.165, 1.54) is 6.42 Å². The molecule has 0 aliphatic rings. The van der Waals surface area contributed by atoms with Crippen LogP contribution in [0.25, 0.3) is 0 Å². The lowest BCUT2D eigenvalue weighted by molar-refractivity contribution is 0.0482. The molecular weight excluding hydrogens is 252 g/mol. The van der Waals surface area contributed by atoms with Crippen LogP contribution in [0.1, 0.15) is 35.7 Å². The van der Waals surface area contributed by atoms with Crippen LogP contribution >= 0.6 is 0 Å². The fraction of sp³-hybridized carbons (Fsp3) is 0.562. The Morgan fingerprint density at radius 1 is 1.35 bits per heavy atom. The molecule has 0 radical (unpaired) electrons. The van der Waals surface area contributed by atoms with Crippen LogP contribution in [0.4, 0.5) is 5.69 Å². The van der Waals surface area contributed by atoms with Crippen LogP contribution in [0.5, 0.6) is 0 Å². The Labute approximate surface area is 122 Å². The number of likely N-dealkylation sites (N-methyl/N-ethyl adjacent to an activating group) is 1. The average Bonchev–Trinajstić information content (AvgIpc) is 2.40. The highest BCUT2D eigenvalue weighted by atomic mass is 16.5. The molecule has 0 amide bonds. The second kappa shape index (κ2) is 8.59. The molecule has 0 aliphatic carbocycles. The van der Waals surface area contributed by atoms with Gasteiger partial charge in [0.15, 0.2) is 0 Å². The van der Waals surface area contributed by atoms with Crippen molar-refractivity contribution in [1.29, 1.82) is 0 Å². The molecule has 1 rings (SSSR count). The van der Waals surface area contributed by atoms with Gasteiger partial charge in [0.1, 0.15) is 6.61 Å². The van der Waals surface area contributed by atoms with Gasteiger partial charge in [-0.15, -0.1) is 0 Å². The molecule has 0 atom stereocenters. The van der Waals surface area contributed by atoms with Gasteiger partial charge < -0.3 is 15.0 Å². The van der Waals surface area contributed by atoms with Crippen LogP contribution in [-0.4, -0.2) is 44.7 Å². The first-order valence-electron chi connectivity index (χ1n) is 7.21. The van der Waals surface area contributed by atoms with E-state index in [1.54, 1.807) is 0 Å².